The van der Waals surface area contributed by atoms with Crippen molar-refractivity contribution >= 4 is 17.5 Å². The van der Waals surface area contributed by atoms with Crippen LogP contribution in [-0.2, 0) is 4.79 Å². The monoisotopic (exact) mass is 347 g/mol. The van der Waals surface area contributed by atoms with Crippen LogP contribution < -0.4 is 15.5 Å². The second kappa shape index (κ2) is 8.32. The third kappa shape index (κ3) is 4.71. The Labute approximate surface area is 148 Å². The summed E-state index contributed by atoms with van der Waals surface area (Å²) < 4.78 is 14.3. The van der Waals surface area contributed by atoms with Gasteiger partial charge in [0.05, 0.1) is 5.69 Å². The number of rotatable bonds is 6. The molecule has 0 radical (unpaired) electrons. The Morgan fingerprint density at radius 3 is 2.52 bits per heavy atom. The molecule has 0 atom stereocenters. The van der Waals surface area contributed by atoms with Gasteiger partial charge in [-0.25, -0.2) is 4.39 Å². The maximum Gasteiger partial charge on any atom is 0.251 e. The van der Waals surface area contributed by atoms with E-state index in [4.69, 9.17) is 0 Å². The lowest BCUT2D eigenvalue weighted by atomic mass is 10.1. The van der Waals surface area contributed by atoms with Gasteiger partial charge in [-0.15, -0.1) is 0 Å². The standard InChI is InChI=1S/C19H26FN3O2/c20-16-13-14(7-8-17(16)23-11-3-4-12-23)19(25)21-10-9-18(24)22-15-5-1-2-6-15/h7-8,13,15H,1-6,9-12H2,(H,21,25)(H,22,24). The van der Waals surface area contributed by atoms with Crippen LogP contribution >= 0.6 is 0 Å². The zero-order valence-electron chi connectivity index (χ0n) is 14.5. The normalized spacial score (nSPS) is 17.7. The van der Waals surface area contributed by atoms with E-state index in [1.165, 1.54) is 18.9 Å². The molecule has 2 N–H and O–H groups in total. The van der Waals surface area contributed by atoms with Crippen molar-refractivity contribution < 1.29 is 14.0 Å². The van der Waals surface area contributed by atoms with Crippen molar-refractivity contribution in [3.05, 3.63) is 29.6 Å². The predicted molar refractivity (Wildman–Crippen MR) is 95.2 cm³/mol. The lowest BCUT2D eigenvalue weighted by Gasteiger charge is -2.18. The number of carbonyl (C=O) groups is 2. The van der Waals surface area contributed by atoms with Gasteiger partial charge in [-0.1, -0.05) is 12.8 Å². The van der Waals surface area contributed by atoms with Crippen LogP contribution in [0.1, 0.15) is 55.3 Å². The van der Waals surface area contributed by atoms with E-state index in [9.17, 15) is 14.0 Å². The van der Waals surface area contributed by atoms with Crippen molar-refractivity contribution in [2.24, 2.45) is 0 Å². The molecular formula is C19H26FN3O2. The lowest BCUT2D eigenvalue weighted by molar-refractivity contribution is -0.121. The summed E-state index contributed by atoms with van der Waals surface area (Å²) in [6.07, 6.45) is 6.81. The molecule has 1 aromatic carbocycles. The van der Waals surface area contributed by atoms with Crippen LogP contribution in [0.2, 0.25) is 0 Å². The number of carbonyl (C=O) groups excluding carboxylic acids is 2. The minimum absolute atomic E-state index is 0.0391. The van der Waals surface area contributed by atoms with E-state index >= 15 is 0 Å². The summed E-state index contributed by atoms with van der Waals surface area (Å²) in [6.45, 7) is 1.98. The Morgan fingerprint density at radius 1 is 1.12 bits per heavy atom. The number of hydrogen-bond acceptors (Lipinski definition) is 3. The van der Waals surface area contributed by atoms with Gasteiger partial charge in [-0.3, -0.25) is 9.59 Å². The minimum Gasteiger partial charge on any atom is -0.369 e. The van der Waals surface area contributed by atoms with Crippen LogP contribution in [0, 0.1) is 5.82 Å². The molecule has 0 bridgehead atoms. The number of amides is 2. The Kier molecular flexibility index (Phi) is 5.89. The Balaban J connectivity index is 1.46. The van der Waals surface area contributed by atoms with Crippen LogP contribution in [-0.4, -0.2) is 37.5 Å². The highest BCUT2D eigenvalue weighted by Gasteiger charge is 2.19. The molecule has 3 rings (SSSR count). The van der Waals surface area contributed by atoms with E-state index < -0.39 is 0 Å². The molecule has 2 fully saturated rings. The van der Waals surface area contributed by atoms with Crippen molar-refractivity contribution in [2.75, 3.05) is 24.5 Å². The first-order chi connectivity index (χ1) is 12.1. The van der Waals surface area contributed by atoms with Gasteiger partial charge >= 0.3 is 0 Å². The molecule has 25 heavy (non-hydrogen) atoms. The van der Waals surface area contributed by atoms with Gasteiger partial charge < -0.3 is 15.5 Å². The van der Waals surface area contributed by atoms with Crippen molar-refractivity contribution in [3.8, 4) is 0 Å². The predicted octanol–water partition coefficient (Wildman–Crippen LogP) is 2.60. The first-order valence-corrected chi connectivity index (χ1v) is 9.25. The quantitative estimate of drug-likeness (QED) is 0.831. The van der Waals surface area contributed by atoms with Crippen LogP contribution in [0.15, 0.2) is 18.2 Å². The molecule has 6 heteroatoms. The zero-order valence-corrected chi connectivity index (χ0v) is 14.5. The van der Waals surface area contributed by atoms with Gasteiger partial charge in [0.25, 0.3) is 5.91 Å². The third-order valence-corrected chi connectivity index (χ3v) is 5.01. The largest absolute Gasteiger partial charge is 0.369 e. The van der Waals surface area contributed by atoms with Crippen LogP contribution in [0.5, 0.6) is 0 Å². The molecule has 1 heterocycles. The van der Waals surface area contributed by atoms with E-state index in [2.05, 4.69) is 10.6 Å². The van der Waals surface area contributed by atoms with E-state index in [0.717, 1.165) is 38.8 Å². The van der Waals surface area contributed by atoms with Crippen LogP contribution in [0.3, 0.4) is 0 Å². The Bertz CT molecular complexity index is 623. The highest BCUT2D eigenvalue weighted by atomic mass is 19.1. The molecule has 1 saturated carbocycles. The summed E-state index contributed by atoms with van der Waals surface area (Å²) in [5.74, 6) is -0.753. The van der Waals surface area contributed by atoms with E-state index in [1.807, 2.05) is 4.90 Å². The fourth-order valence-corrected chi connectivity index (χ4v) is 3.62. The molecule has 1 aliphatic carbocycles. The molecule has 1 aliphatic heterocycles. The molecule has 0 aromatic heterocycles. The van der Waals surface area contributed by atoms with Crippen molar-refractivity contribution in [1.82, 2.24) is 10.6 Å². The van der Waals surface area contributed by atoms with Gasteiger partial charge in [0.1, 0.15) is 5.82 Å². The first-order valence-electron chi connectivity index (χ1n) is 9.25. The molecule has 1 saturated heterocycles. The summed E-state index contributed by atoms with van der Waals surface area (Å²) in [5.41, 5.74) is 0.849. The summed E-state index contributed by atoms with van der Waals surface area (Å²) in [5, 5.41) is 5.68. The number of hydrogen-bond donors (Lipinski definition) is 2. The summed E-state index contributed by atoms with van der Waals surface area (Å²) in [6, 6.07) is 4.88. The summed E-state index contributed by atoms with van der Waals surface area (Å²) in [4.78, 5) is 26.0. The molecular weight excluding hydrogens is 321 g/mol. The van der Waals surface area contributed by atoms with Crippen molar-refractivity contribution in [2.45, 2.75) is 51.0 Å². The number of anilines is 1. The zero-order chi connectivity index (χ0) is 17.6. The van der Waals surface area contributed by atoms with E-state index in [0.29, 0.717) is 5.69 Å². The number of halogens is 1. The van der Waals surface area contributed by atoms with Crippen molar-refractivity contribution in [1.29, 1.82) is 0 Å². The number of nitrogens with zero attached hydrogens (tertiary/aromatic N) is 1. The molecule has 2 aliphatic rings. The first kappa shape index (κ1) is 17.7. The summed E-state index contributed by atoms with van der Waals surface area (Å²) in [7, 11) is 0. The van der Waals surface area contributed by atoms with Gasteiger partial charge in [0, 0.05) is 37.7 Å². The lowest BCUT2D eigenvalue weighted by Crippen LogP contribution is -2.35. The minimum atomic E-state index is -0.367. The maximum atomic E-state index is 14.3. The molecule has 0 unspecified atom stereocenters. The maximum absolute atomic E-state index is 14.3. The fraction of sp³-hybridized carbons (Fsp3) is 0.579. The van der Waals surface area contributed by atoms with Gasteiger partial charge in [0.2, 0.25) is 5.91 Å². The number of benzene rings is 1. The fourth-order valence-electron chi connectivity index (χ4n) is 3.62. The highest BCUT2D eigenvalue weighted by molar-refractivity contribution is 5.94. The second-order valence-electron chi connectivity index (χ2n) is 6.92. The van der Waals surface area contributed by atoms with Gasteiger partial charge in [0.15, 0.2) is 0 Å². The highest BCUT2D eigenvalue weighted by Crippen LogP contribution is 2.24. The number of nitrogens with one attached hydrogen (secondary N) is 2. The average Bonchev–Trinajstić information content (AvgIpc) is 3.28. The van der Waals surface area contributed by atoms with E-state index in [1.54, 1.807) is 12.1 Å². The molecule has 2 amide bonds. The molecule has 1 aromatic rings. The molecule has 0 spiro atoms. The van der Waals surface area contributed by atoms with Crippen molar-refractivity contribution in [3.63, 3.8) is 0 Å². The third-order valence-electron chi connectivity index (χ3n) is 5.01. The second-order valence-corrected chi connectivity index (χ2v) is 6.92. The smallest absolute Gasteiger partial charge is 0.251 e. The topological polar surface area (TPSA) is 61.4 Å². The van der Waals surface area contributed by atoms with Gasteiger partial charge in [-0.2, -0.15) is 0 Å². The van der Waals surface area contributed by atoms with Crippen LogP contribution in [0.25, 0.3) is 0 Å². The summed E-state index contributed by atoms with van der Waals surface area (Å²) >= 11 is 0. The SMILES string of the molecule is O=C(CCNC(=O)c1ccc(N2CCCC2)c(F)c1)NC1CCCC1. The van der Waals surface area contributed by atoms with Crippen LogP contribution in [0.4, 0.5) is 10.1 Å². The average molecular weight is 347 g/mol. The Morgan fingerprint density at radius 2 is 1.84 bits per heavy atom. The molecule has 5 nitrogen and oxygen atoms in total. The Hall–Kier alpha value is -2.11. The van der Waals surface area contributed by atoms with Gasteiger partial charge in [-0.05, 0) is 43.9 Å². The molecule has 136 valence electrons. The van der Waals surface area contributed by atoms with E-state index in [-0.39, 0.29) is 42.2 Å².